The monoisotopic (exact) mass is 347 g/mol. The standard InChI is InChI=1S/C8H6O4.BrH.Ru/c9-7(10)5-1-2-6(4-3-5)8(11)12;;/h1-4H,(H,9,10)(H,11,12);1H;/q;;+1/p-1. The number of hydrogen-bond donors (Lipinski definition) is 2. The summed E-state index contributed by atoms with van der Waals surface area (Å²) in [6.07, 6.45) is 0. The summed E-state index contributed by atoms with van der Waals surface area (Å²) in [5, 5.41) is 16.9. The minimum absolute atomic E-state index is 0.0833. The van der Waals surface area contributed by atoms with Gasteiger partial charge >= 0.3 is 41.9 Å². The summed E-state index contributed by atoms with van der Waals surface area (Å²) < 4.78 is 0. The summed E-state index contributed by atoms with van der Waals surface area (Å²) in [5.74, 6) is -2.13. The molecular formula is C8H6BrO4Ru. The summed E-state index contributed by atoms with van der Waals surface area (Å²) >= 11 is 5.03. The molecule has 0 bridgehead atoms. The molecule has 0 atom stereocenters. The van der Waals surface area contributed by atoms with Crippen LogP contribution in [0.1, 0.15) is 20.7 Å². The number of halogens is 1. The first kappa shape index (κ1) is 13.3. The van der Waals surface area contributed by atoms with Crippen LogP contribution in [0.4, 0.5) is 0 Å². The molecule has 0 amide bonds. The Morgan fingerprint density at radius 1 is 0.929 bits per heavy atom. The number of rotatable bonds is 2. The van der Waals surface area contributed by atoms with Gasteiger partial charge in [0, 0.05) is 0 Å². The predicted molar refractivity (Wildman–Crippen MR) is 49.3 cm³/mol. The molecule has 4 nitrogen and oxygen atoms in total. The first-order chi connectivity index (χ1) is 6.61. The van der Waals surface area contributed by atoms with Gasteiger partial charge in [0.05, 0.1) is 11.1 Å². The Balaban J connectivity index is 0.000000791. The van der Waals surface area contributed by atoms with Crippen molar-refractivity contribution in [2.24, 2.45) is 0 Å². The Morgan fingerprint density at radius 2 is 1.14 bits per heavy atom. The molecule has 0 aliphatic rings. The van der Waals surface area contributed by atoms with Gasteiger partial charge < -0.3 is 10.2 Å². The van der Waals surface area contributed by atoms with Gasteiger partial charge in [-0.05, 0) is 24.3 Å². The van der Waals surface area contributed by atoms with Crippen LogP contribution in [0.5, 0.6) is 0 Å². The molecule has 1 rings (SSSR count). The summed E-state index contributed by atoms with van der Waals surface area (Å²) in [7, 11) is 0. The van der Waals surface area contributed by atoms with Crippen molar-refractivity contribution in [3.8, 4) is 0 Å². The van der Waals surface area contributed by atoms with Crippen LogP contribution in [0.25, 0.3) is 0 Å². The second kappa shape index (κ2) is 6.68. The van der Waals surface area contributed by atoms with Crippen molar-refractivity contribution in [3.63, 3.8) is 0 Å². The molecular weight excluding hydrogens is 341 g/mol. The van der Waals surface area contributed by atoms with E-state index in [2.05, 4.69) is 30.0 Å². The first-order valence-corrected chi connectivity index (χ1v) is 7.28. The molecule has 0 aliphatic heterocycles. The molecule has 77 valence electrons. The van der Waals surface area contributed by atoms with Crippen LogP contribution in [0.2, 0.25) is 0 Å². The van der Waals surface area contributed by atoms with E-state index in [4.69, 9.17) is 10.2 Å². The van der Waals surface area contributed by atoms with Crippen LogP contribution >= 0.6 is 13.6 Å². The maximum absolute atomic E-state index is 10.3. The molecule has 2 N–H and O–H groups in total. The van der Waals surface area contributed by atoms with Crippen molar-refractivity contribution in [2.45, 2.75) is 0 Å². The van der Waals surface area contributed by atoms with Gasteiger partial charge in [-0.15, -0.1) is 0 Å². The summed E-state index contributed by atoms with van der Waals surface area (Å²) in [6, 6.07) is 5.02. The van der Waals surface area contributed by atoms with Gasteiger partial charge in [-0.2, -0.15) is 0 Å². The zero-order valence-electron chi connectivity index (χ0n) is 6.75. The molecule has 1 aromatic rings. The van der Waals surface area contributed by atoms with E-state index in [1.54, 1.807) is 0 Å². The quantitative estimate of drug-likeness (QED) is 0.802. The van der Waals surface area contributed by atoms with E-state index in [0.29, 0.717) is 0 Å². The van der Waals surface area contributed by atoms with Crippen LogP contribution < -0.4 is 0 Å². The number of carbonyl (C=O) groups is 2. The minimum atomic E-state index is -1.06. The van der Waals surface area contributed by atoms with E-state index in [0.717, 1.165) is 0 Å². The number of benzene rings is 1. The normalized spacial score (nSPS) is 8.43. The Kier molecular flexibility index (Phi) is 6.33. The fraction of sp³-hybridized carbons (Fsp3) is 0. The molecule has 0 radical (unpaired) electrons. The molecule has 0 aromatic heterocycles. The molecule has 0 fully saturated rings. The fourth-order valence-electron chi connectivity index (χ4n) is 0.755. The van der Waals surface area contributed by atoms with E-state index >= 15 is 0 Å². The van der Waals surface area contributed by atoms with Gasteiger partial charge in [0.2, 0.25) is 0 Å². The Bertz CT molecular complexity index is 290. The SMILES string of the molecule is O=C(O)c1ccc(C(=O)O)cc1.[Br][Ru]. The summed E-state index contributed by atoms with van der Waals surface area (Å²) in [4.78, 5) is 20.7. The Hall–Kier alpha value is -0.737. The van der Waals surface area contributed by atoms with Gasteiger partial charge in [0.25, 0.3) is 0 Å². The van der Waals surface area contributed by atoms with Crippen LogP contribution in [-0.2, 0) is 16.3 Å². The molecule has 0 saturated heterocycles. The van der Waals surface area contributed by atoms with E-state index in [-0.39, 0.29) is 11.1 Å². The van der Waals surface area contributed by atoms with Gasteiger partial charge in [-0.3, -0.25) is 0 Å². The zero-order valence-corrected chi connectivity index (χ0v) is 10.1. The topological polar surface area (TPSA) is 74.6 Å². The predicted octanol–water partition coefficient (Wildman–Crippen LogP) is 1.93. The second-order valence-corrected chi connectivity index (χ2v) is 2.19. The van der Waals surface area contributed by atoms with Gasteiger partial charge in [-0.1, -0.05) is 0 Å². The third-order valence-electron chi connectivity index (χ3n) is 1.38. The van der Waals surface area contributed by atoms with Crippen LogP contribution in [-0.4, -0.2) is 22.2 Å². The Morgan fingerprint density at radius 3 is 1.29 bits per heavy atom. The zero-order chi connectivity index (χ0) is 11.1. The van der Waals surface area contributed by atoms with Gasteiger partial charge in [-0.25, -0.2) is 9.59 Å². The fourth-order valence-corrected chi connectivity index (χ4v) is 0.755. The van der Waals surface area contributed by atoms with Crippen molar-refractivity contribution in [3.05, 3.63) is 35.4 Å². The number of carboxylic acid groups (broad SMARTS) is 2. The molecule has 0 aliphatic carbocycles. The third kappa shape index (κ3) is 3.98. The molecule has 14 heavy (non-hydrogen) atoms. The number of carboxylic acids is 2. The van der Waals surface area contributed by atoms with Crippen LogP contribution in [0.15, 0.2) is 24.3 Å². The van der Waals surface area contributed by atoms with Gasteiger partial charge in [0.1, 0.15) is 0 Å². The van der Waals surface area contributed by atoms with Crippen molar-refractivity contribution >= 4 is 25.6 Å². The van der Waals surface area contributed by atoms with Gasteiger partial charge in [0.15, 0.2) is 0 Å². The van der Waals surface area contributed by atoms with E-state index in [9.17, 15) is 9.59 Å². The molecule has 1 aromatic carbocycles. The molecule has 0 unspecified atom stereocenters. The number of aromatic carboxylic acids is 2. The average Bonchev–Trinajstić information content (AvgIpc) is 2.21. The molecule has 0 spiro atoms. The summed E-state index contributed by atoms with van der Waals surface area (Å²) in [5.41, 5.74) is 0.167. The molecule has 0 saturated carbocycles. The average molecular weight is 347 g/mol. The summed E-state index contributed by atoms with van der Waals surface area (Å²) in [6.45, 7) is 0. The second-order valence-electron chi connectivity index (χ2n) is 2.19. The van der Waals surface area contributed by atoms with Crippen molar-refractivity contribution < 1.29 is 36.1 Å². The maximum atomic E-state index is 10.3. The van der Waals surface area contributed by atoms with E-state index in [1.165, 1.54) is 24.3 Å². The van der Waals surface area contributed by atoms with E-state index in [1.807, 2.05) is 0 Å². The first-order valence-electron chi connectivity index (χ1n) is 3.31. The van der Waals surface area contributed by atoms with Crippen molar-refractivity contribution in [1.29, 1.82) is 0 Å². The molecule has 6 heteroatoms. The Labute approximate surface area is 97.0 Å². The third-order valence-corrected chi connectivity index (χ3v) is 1.38. The number of hydrogen-bond acceptors (Lipinski definition) is 2. The van der Waals surface area contributed by atoms with E-state index < -0.39 is 11.9 Å². The molecule has 0 heterocycles. The van der Waals surface area contributed by atoms with Crippen LogP contribution in [0.3, 0.4) is 0 Å². The van der Waals surface area contributed by atoms with Crippen molar-refractivity contribution in [2.75, 3.05) is 0 Å². The van der Waals surface area contributed by atoms with Crippen LogP contribution in [0, 0.1) is 0 Å². The van der Waals surface area contributed by atoms with Crippen molar-refractivity contribution in [1.82, 2.24) is 0 Å².